The van der Waals surface area contributed by atoms with Crippen LogP contribution < -0.4 is 5.32 Å². The lowest BCUT2D eigenvalue weighted by Crippen LogP contribution is -2.39. The second-order valence-corrected chi connectivity index (χ2v) is 7.07. The Balaban J connectivity index is 1.44. The van der Waals surface area contributed by atoms with Crippen molar-refractivity contribution in [2.45, 2.75) is 25.8 Å². The van der Waals surface area contributed by atoms with Crippen LogP contribution in [0.25, 0.3) is 11.0 Å². The normalized spacial score (nSPS) is 17.9. The maximum Gasteiger partial charge on any atom is 0.194 e. The van der Waals surface area contributed by atoms with Gasteiger partial charge in [-0.25, -0.2) is 4.39 Å². The molecular formula is C20H24FN5O. The van der Waals surface area contributed by atoms with Crippen molar-refractivity contribution in [3.8, 4) is 0 Å². The Labute approximate surface area is 157 Å². The van der Waals surface area contributed by atoms with Crippen LogP contribution in [0.2, 0.25) is 0 Å². The Hall–Kier alpha value is -2.83. The maximum absolute atomic E-state index is 13.5. The maximum atomic E-state index is 13.5. The molecule has 3 heterocycles. The Morgan fingerprint density at radius 3 is 3.04 bits per heavy atom. The second kappa shape index (κ2) is 7.06. The van der Waals surface area contributed by atoms with Crippen molar-refractivity contribution in [3.05, 3.63) is 53.3 Å². The molecule has 1 aromatic carbocycles. The van der Waals surface area contributed by atoms with Gasteiger partial charge in [-0.05, 0) is 37.1 Å². The summed E-state index contributed by atoms with van der Waals surface area (Å²) < 4.78 is 21.2. The largest absolute Gasteiger partial charge is 0.459 e. The summed E-state index contributed by atoms with van der Waals surface area (Å²) in [5.74, 6) is 1.88. The highest BCUT2D eigenvalue weighted by atomic mass is 19.1. The number of hydrogen-bond acceptors (Lipinski definition) is 3. The minimum atomic E-state index is -0.250. The van der Waals surface area contributed by atoms with Crippen molar-refractivity contribution >= 4 is 16.9 Å². The molecule has 0 radical (unpaired) electrons. The number of furan rings is 1. The third-order valence-corrected chi connectivity index (χ3v) is 5.30. The molecule has 3 aromatic rings. The quantitative estimate of drug-likeness (QED) is 0.569. The second-order valence-electron chi connectivity index (χ2n) is 7.07. The first-order chi connectivity index (χ1) is 13.0. The van der Waals surface area contributed by atoms with Gasteiger partial charge in [-0.15, -0.1) is 0 Å². The van der Waals surface area contributed by atoms with Gasteiger partial charge in [0.2, 0.25) is 0 Å². The van der Waals surface area contributed by atoms with Gasteiger partial charge >= 0.3 is 0 Å². The van der Waals surface area contributed by atoms with E-state index >= 15 is 0 Å². The molecule has 1 aliphatic rings. The van der Waals surface area contributed by atoms with E-state index in [-0.39, 0.29) is 5.82 Å². The average molecular weight is 369 g/mol. The van der Waals surface area contributed by atoms with Crippen LogP contribution in [0.4, 0.5) is 4.39 Å². The van der Waals surface area contributed by atoms with Crippen molar-refractivity contribution in [2.75, 3.05) is 20.1 Å². The Morgan fingerprint density at radius 1 is 1.44 bits per heavy atom. The van der Waals surface area contributed by atoms with E-state index in [1.807, 2.05) is 24.9 Å². The molecule has 0 amide bonds. The first-order valence-corrected chi connectivity index (χ1v) is 9.17. The van der Waals surface area contributed by atoms with Crippen molar-refractivity contribution < 1.29 is 8.81 Å². The predicted octanol–water partition coefficient (Wildman–Crippen LogP) is 3.18. The van der Waals surface area contributed by atoms with E-state index in [1.54, 1.807) is 13.1 Å². The van der Waals surface area contributed by atoms with Crippen molar-refractivity contribution in [2.24, 2.45) is 12.0 Å². The highest BCUT2D eigenvalue weighted by molar-refractivity contribution is 5.83. The number of fused-ring (bicyclic) bond motifs is 1. The standard InChI is InChI=1S/C20H24FN5O/c1-13-17-8-16(21)4-5-18(17)27-19(13)10-23-20(22-2)26-7-6-14(12-26)15-9-24-25(3)11-15/h4-5,8-9,11,14H,6-7,10,12H2,1-3H3,(H,22,23). The average Bonchev–Trinajstić information content (AvgIpc) is 3.36. The van der Waals surface area contributed by atoms with Crippen LogP contribution in [0.3, 0.4) is 0 Å². The lowest BCUT2D eigenvalue weighted by Gasteiger charge is -2.21. The first kappa shape index (κ1) is 17.6. The molecular weight excluding hydrogens is 345 g/mol. The zero-order valence-corrected chi connectivity index (χ0v) is 15.9. The highest BCUT2D eigenvalue weighted by Crippen LogP contribution is 2.28. The summed E-state index contributed by atoms with van der Waals surface area (Å²) >= 11 is 0. The predicted molar refractivity (Wildman–Crippen MR) is 103 cm³/mol. The molecule has 2 aromatic heterocycles. The minimum absolute atomic E-state index is 0.250. The number of halogens is 1. The molecule has 0 bridgehead atoms. The number of aryl methyl sites for hydroxylation is 2. The van der Waals surface area contributed by atoms with E-state index in [1.165, 1.54) is 17.7 Å². The summed E-state index contributed by atoms with van der Waals surface area (Å²) in [4.78, 5) is 6.68. The van der Waals surface area contributed by atoms with Gasteiger partial charge in [-0.1, -0.05) is 0 Å². The van der Waals surface area contributed by atoms with E-state index in [0.717, 1.165) is 42.2 Å². The topological polar surface area (TPSA) is 58.6 Å². The summed E-state index contributed by atoms with van der Waals surface area (Å²) in [7, 11) is 3.73. The lowest BCUT2D eigenvalue weighted by molar-refractivity contribution is 0.472. The van der Waals surface area contributed by atoms with Gasteiger partial charge in [-0.2, -0.15) is 5.10 Å². The van der Waals surface area contributed by atoms with Gasteiger partial charge in [-0.3, -0.25) is 9.67 Å². The lowest BCUT2D eigenvalue weighted by atomic mass is 10.0. The zero-order chi connectivity index (χ0) is 19.0. The SMILES string of the molecule is CN=C(NCc1oc2ccc(F)cc2c1C)N1CCC(c2cnn(C)c2)C1. The third-order valence-electron chi connectivity index (χ3n) is 5.30. The van der Waals surface area contributed by atoms with Crippen LogP contribution in [0.15, 0.2) is 40.0 Å². The van der Waals surface area contributed by atoms with Gasteiger partial charge in [0.05, 0.1) is 12.7 Å². The van der Waals surface area contributed by atoms with Gasteiger partial charge in [0.1, 0.15) is 17.2 Å². The summed E-state index contributed by atoms with van der Waals surface area (Å²) in [5, 5.41) is 8.49. The van der Waals surface area contributed by atoms with Crippen LogP contribution in [0.1, 0.15) is 29.2 Å². The van der Waals surface area contributed by atoms with Crippen LogP contribution in [-0.4, -0.2) is 40.8 Å². The fourth-order valence-corrected chi connectivity index (χ4v) is 3.78. The number of hydrogen-bond donors (Lipinski definition) is 1. The number of aliphatic imine (C=N–C) groups is 1. The summed E-state index contributed by atoms with van der Waals surface area (Å²) in [6.07, 6.45) is 5.11. The third kappa shape index (κ3) is 3.41. The number of benzene rings is 1. The Morgan fingerprint density at radius 2 is 2.30 bits per heavy atom. The number of aromatic nitrogens is 2. The molecule has 1 fully saturated rings. The van der Waals surface area contributed by atoms with Crippen LogP contribution >= 0.6 is 0 Å². The zero-order valence-electron chi connectivity index (χ0n) is 15.9. The van der Waals surface area contributed by atoms with Gasteiger partial charge in [0.15, 0.2) is 5.96 Å². The molecule has 0 spiro atoms. The van der Waals surface area contributed by atoms with E-state index < -0.39 is 0 Å². The molecule has 1 saturated heterocycles. The Kier molecular flexibility index (Phi) is 4.59. The van der Waals surface area contributed by atoms with Gasteiger partial charge < -0.3 is 14.6 Å². The number of likely N-dealkylation sites (tertiary alicyclic amines) is 1. The molecule has 1 atom stereocenters. The molecule has 1 N–H and O–H groups in total. The molecule has 0 aliphatic carbocycles. The Bertz CT molecular complexity index is 990. The molecule has 4 rings (SSSR count). The van der Waals surface area contributed by atoms with Crippen LogP contribution in [0, 0.1) is 12.7 Å². The van der Waals surface area contributed by atoms with Gasteiger partial charge in [0.25, 0.3) is 0 Å². The first-order valence-electron chi connectivity index (χ1n) is 9.17. The van der Waals surface area contributed by atoms with E-state index in [2.05, 4.69) is 26.5 Å². The summed E-state index contributed by atoms with van der Waals surface area (Å²) in [6, 6.07) is 4.62. The molecule has 1 unspecified atom stereocenters. The minimum Gasteiger partial charge on any atom is -0.459 e. The molecule has 142 valence electrons. The fraction of sp³-hybridized carbons (Fsp3) is 0.400. The fourth-order valence-electron chi connectivity index (χ4n) is 3.78. The molecule has 1 aliphatic heterocycles. The van der Waals surface area contributed by atoms with Crippen LogP contribution in [0.5, 0.6) is 0 Å². The van der Waals surface area contributed by atoms with E-state index in [9.17, 15) is 4.39 Å². The number of nitrogens with one attached hydrogen (secondary N) is 1. The highest BCUT2D eigenvalue weighted by Gasteiger charge is 2.27. The molecule has 0 saturated carbocycles. The van der Waals surface area contributed by atoms with Crippen molar-refractivity contribution in [1.29, 1.82) is 0 Å². The number of nitrogens with zero attached hydrogens (tertiary/aromatic N) is 4. The van der Waals surface area contributed by atoms with Gasteiger partial charge in [0, 0.05) is 50.2 Å². The number of guanidine groups is 1. The molecule has 7 heteroatoms. The summed E-state index contributed by atoms with van der Waals surface area (Å²) in [5.41, 5.74) is 2.94. The molecule has 27 heavy (non-hydrogen) atoms. The van der Waals surface area contributed by atoms with Crippen molar-refractivity contribution in [3.63, 3.8) is 0 Å². The van der Waals surface area contributed by atoms with Crippen LogP contribution in [-0.2, 0) is 13.6 Å². The smallest absolute Gasteiger partial charge is 0.194 e. The molecule has 6 nitrogen and oxygen atoms in total. The monoisotopic (exact) mass is 369 g/mol. The summed E-state index contributed by atoms with van der Waals surface area (Å²) in [6.45, 7) is 4.33. The number of rotatable bonds is 3. The van der Waals surface area contributed by atoms with E-state index in [0.29, 0.717) is 18.0 Å². The van der Waals surface area contributed by atoms with E-state index in [4.69, 9.17) is 4.42 Å². The van der Waals surface area contributed by atoms with Crippen molar-refractivity contribution in [1.82, 2.24) is 20.0 Å².